The zero-order chi connectivity index (χ0) is 21.0. The third-order valence-electron chi connectivity index (χ3n) is 5.14. The number of nitrogens with two attached hydrogens (primary N) is 1. The van der Waals surface area contributed by atoms with Gasteiger partial charge in [0.2, 0.25) is 0 Å². The van der Waals surface area contributed by atoms with E-state index in [1.165, 1.54) is 7.11 Å². The average molecular weight is 390 g/mol. The second-order valence-corrected chi connectivity index (χ2v) is 7.04. The van der Waals surface area contributed by atoms with Gasteiger partial charge in [0.05, 0.1) is 18.2 Å². The van der Waals surface area contributed by atoms with Crippen LogP contribution in [-0.2, 0) is 17.7 Å². The number of primary amides is 1. The first kappa shape index (κ1) is 20.4. The predicted octanol–water partition coefficient (Wildman–Crippen LogP) is 4.35. The number of amides is 1. The summed E-state index contributed by atoms with van der Waals surface area (Å²) in [5, 5.41) is 0. The maximum atomic E-state index is 12.4. The average Bonchev–Trinajstić information content (AvgIpc) is 3.00. The van der Waals surface area contributed by atoms with Gasteiger partial charge in [-0.15, -0.1) is 0 Å². The number of carbonyl (C=O) groups excluding carboxylic acids is 2. The third kappa shape index (κ3) is 4.09. The van der Waals surface area contributed by atoms with Gasteiger partial charge in [-0.05, 0) is 36.6 Å². The molecule has 5 heteroatoms. The summed E-state index contributed by atoms with van der Waals surface area (Å²) in [6.07, 6.45) is 1.75. The Balaban J connectivity index is 2.18. The minimum atomic E-state index is -0.446. The van der Waals surface area contributed by atoms with E-state index in [-0.39, 0.29) is 0 Å². The van der Waals surface area contributed by atoms with Gasteiger partial charge in [-0.1, -0.05) is 55.8 Å². The highest BCUT2D eigenvalue weighted by Gasteiger charge is 2.24. The van der Waals surface area contributed by atoms with E-state index in [9.17, 15) is 9.59 Å². The van der Waals surface area contributed by atoms with Crippen LogP contribution in [0, 0.1) is 6.92 Å². The van der Waals surface area contributed by atoms with Crippen molar-refractivity contribution in [3.63, 3.8) is 0 Å². The monoisotopic (exact) mass is 390 g/mol. The van der Waals surface area contributed by atoms with E-state index in [0.29, 0.717) is 17.7 Å². The van der Waals surface area contributed by atoms with Crippen LogP contribution in [0.2, 0.25) is 0 Å². The molecule has 0 bridgehead atoms. The lowest BCUT2D eigenvalue weighted by molar-refractivity contribution is 0.0600. The molecule has 2 N–H and O–H groups in total. The number of carbonyl (C=O) groups is 2. The molecule has 3 aromatic rings. The van der Waals surface area contributed by atoms with Gasteiger partial charge in [0.1, 0.15) is 0 Å². The summed E-state index contributed by atoms with van der Waals surface area (Å²) < 4.78 is 6.96. The molecule has 0 aliphatic rings. The number of rotatable bonds is 7. The third-order valence-corrected chi connectivity index (χ3v) is 5.14. The van der Waals surface area contributed by atoms with Gasteiger partial charge in [0, 0.05) is 23.5 Å². The number of methoxy groups -OCH3 is 1. The molecule has 150 valence electrons. The first-order chi connectivity index (χ1) is 14.0. The van der Waals surface area contributed by atoms with E-state index in [1.807, 2.05) is 37.3 Å². The van der Waals surface area contributed by atoms with Crippen molar-refractivity contribution in [2.75, 3.05) is 7.11 Å². The zero-order valence-electron chi connectivity index (χ0n) is 17.1. The van der Waals surface area contributed by atoms with Crippen LogP contribution in [0.1, 0.15) is 51.0 Å². The lowest BCUT2D eigenvalue weighted by Gasteiger charge is -2.13. The normalized spacial score (nSPS) is 10.7. The Labute approximate surface area is 171 Å². The van der Waals surface area contributed by atoms with E-state index in [4.69, 9.17) is 10.5 Å². The highest BCUT2D eigenvalue weighted by molar-refractivity contribution is 6.02. The molecule has 0 saturated heterocycles. The summed E-state index contributed by atoms with van der Waals surface area (Å²) in [5.41, 5.74) is 11.6. The van der Waals surface area contributed by atoms with Gasteiger partial charge < -0.3 is 15.0 Å². The molecule has 1 heterocycles. The fraction of sp³-hybridized carbons (Fsp3) is 0.250. The topological polar surface area (TPSA) is 74.3 Å². The molecule has 3 rings (SSSR count). The SMILES string of the molecule is CCCc1c(-c2ccc(C(=O)OC)cc2)c(C(N)=O)c(C)n1Cc1ccccc1. The number of esters is 1. The highest BCUT2D eigenvalue weighted by atomic mass is 16.5. The molecule has 0 spiro atoms. The number of benzene rings is 2. The van der Waals surface area contributed by atoms with Crippen LogP contribution in [0.5, 0.6) is 0 Å². The van der Waals surface area contributed by atoms with Crippen LogP contribution < -0.4 is 5.73 Å². The van der Waals surface area contributed by atoms with Gasteiger partial charge in [0.25, 0.3) is 5.91 Å². The first-order valence-electron chi connectivity index (χ1n) is 9.72. The minimum absolute atomic E-state index is 0.390. The number of nitrogens with zero attached hydrogens (tertiary/aromatic N) is 1. The fourth-order valence-electron chi connectivity index (χ4n) is 3.78. The van der Waals surface area contributed by atoms with Gasteiger partial charge in [-0.25, -0.2) is 4.79 Å². The lowest BCUT2D eigenvalue weighted by Crippen LogP contribution is -2.13. The largest absolute Gasteiger partial charge is 0.465 e. The summed E-state index contributed by atoms with van der Waals surface area (Å²) in [6.45, 7) is 4.72. The van der Waals surface area contributed by atoms with Crippen molar-refractivity contribution in [1.82, 2.24) is 4.57 Å². The molecule has 0 aliphatic carbocycles. The number of hydrogen-bond acceptors (Lipinski definition) is 3. The minimum Gasteiger partial charge on any atom is -0.465 e. The summed E-state index contributed by atoms with van der Waals surface area (Å²) in [7, 11) is 1.36. The maximum Gasteiger partial charge on any atom is 0.337 e. The van der Waals surface area contributed by atoms with Crippen molar-refractivity contribution < 1.29 is 14.3 Å². The molecular formula is C24H26N2O3. The molecule has 5 nitrogen and oxygen atoms in total. The van der Waals surface area contributed by atoms with E-state index in [1.54, 1.807) is 12.1 Å². The van der Waals surface area contributed by atoms with E-state index in [0.717, 1.165) is 40.9 Å². The molecule has 0 atom stereocenters. The molecule has 0 saturated carbocycles. The number of hydrogen-bond donors (Lipinski definition) is 1. The molecule has 1 amide bonds. The maximum absolute atomic E-state index is 12.4. The van der Waals surface area contributed by atoms with Crippen molar-refractivity contribution in [2.45, 2.75) is 33.2 Å². The highest BCUT2D eigenvalue weighted by Crippen LogP contribution is 2.34. The fourth-order valence-corrected chi connectivity index (χ4v) is 3.78. The van der Waals surface area contributed by atoms with Gasteiger partial charge in [-0.3, -0.25) is 4.79 Å². The van der Waals surface area contributed by atoms with Crippen LogP contribution >= 0.6 is 0 Å². The Morgan fingerprint density at radius 1 is 1.03 bits per heavy atom. The van der Waals surface area contributed by atoms with Gasteiger partial charge >= 0.3 is 5.97 Å². The van der Waals surface area contributed by atoms with Crippen molar-refractivity contribution in [2.24, 2.45) is 5.73 Å². The smallest absolute Gasteiger partial charge is 0.337 e. The summed E-state index contributed by atoms with van der Waals surface area (Å²) in [6, 6.07) is 17.3. The Morgan fingerprint density at radius 2 is 1.69 bits per heavy atom. The van der Waals surface area contributed by atoms with Crippen LogP contribution in [0.25, 0.3) is 11.1 Å². The van der Waals surface area contributed by atoms with Crippen molar-refractivity contribution in [3.05, 3.63) is 82.7 Å². The molecule has 2 aromatic carbocycles. The van der Waals surface area contributed by atoms with E-state index in [2.05, 4.69) is 23.6 Å². The Kier molecular flexibility index (Phi) is 6.17. The van der Waals surface area contributed by atoms with Gasteiger partial charge in [-0.2, -0.15) is 0 Å². The molecule has 1 aromatic heterocycles. The summed E-state index contributed by atoms with van der Waals surface area (Å²) in [4.78, 5) is 24.2. The van der Waals surface area contributed by atoms with Crippen LogP contribution in [-0.4, -0.2) is 23.6 Å². The zero-order valence-corrected chi connectivity index (χ0v) is 17.1. The molecule has 0 aliphatic heterocycles. The van der Waals surface area contributed by atoms with Crippen LogP contribution in [0.3, 0.4) is 0 Å². The first-order valence-corrected chi connectivity index (χ1v) is 9.72. The van der Waals surface area contributed by atoms with E-state index >= 15 is 0 Å². The Bertz CT molecular complexity index is 1020. The van der Waals surface area contributed by atoms with Crippen molar-refractivity contribution >= 4 is 11.9 Å². The number of aromatic nitrogens is 1. The summed E-state index contributed by atoms with van der Waals surface area (Å²) in [5.74, 6) is -0.836. The Morgan fingerprint density at radius 3 is 2.24 bits per heavy atom. The van der Waals surface area contributed by atoms with Crippen molar-refractivity contribution in [1.29, 1.82) is 0 Å². The second kappa shape index (κ2) is 8.78. The Hall–Kier alpha value is -3.34. The van der Waals surface area contributed by atoms with Crippen LogP contribution in [0.4, 0.5) is 0 Å². The predicted molar refractivity (Wildman–Crippen MR) is 114 cm³/mol. The van der Waals surface area contributed by atoms with Crippen LogP contribution in [0.15, 0.2) is 54.6 Å². The van der Waals surface area contributed by atoms with Gasteiger partial charge in [0.15, 0.2) is 0 Å². The second-order valence-electron chi connectivity index (χ2n) is 7.04. The quantitative estimate of drug-likeness (QED) is 0.610. The van der Waals surface area contributed by atoms with Crippen molar-refractivity contribution in [3.8, 4) is 11.1 Å². The molecule has 0 unspecified atom stereocenters. The summed E-state index contributed by atoms with van der Waals surface area (Å²) >= 11 is 0. The molecule has 29 heavy (non-hydrogen) atoms. The molecule has 0 fully saturated rings. The lowest BCUT2D eigenvalue weighted by atomic mass is 9.97. The molecule has 0 radical (unpaired) electrons. The van der Waals surface area contributed by atoms with E-state index < -0.39 is 11.9 Å². The standard InChI is InChI=1S/C24H26N2O3/c1-4-8-20-22(18-11-13-19(14-12-18)24(28)29-3)21(23(25)27)16(2)26(20)15-17-9-6-5-7-10-17/h5-7,9-14H,4,8,15H2,1-3H3,(H2,25,27). The molecular weight excluding hydrogens is 364 g/mol. The number of ether oxygens (including phenoxy) is 1.